The molecule has 0 fully saturated rings. The molecule has 1 aliphatic rings. The smallest absolute Gasteiger partial charge is 0.0747 e. The Bertz CT molecular complexity index is 973. The number of nitrogens with zero attached hydrogens (tertiary/aromatic N) is 2. The number of pyridine rings is 2. The molecule has 1 aromatic carbocycles. The topological polar surface area (TPSA) is 25.8 Å². The van der Waals surface area contributed by atoms with Gasteiger partial charge in [-0.05, 0) is 60.0 Å². The number of hydrogen-bond donors (Lipinski definition) is 0. The van der Waals surface area contributed by atoms with E-state index in [-0.39, 0.29) is 0 Å². The van der Waals surface area contributed by atoms with Crippen molar-refractivity contribution < 1.29 is 0 Å². The van der Waals surface area contributed by atoms with Crippen LogP contribution in [0.15, 0.2) is 79.1 Å². The predicted octanol–water partition coefficient (Wildman–Crippen LogP) is 6.28. The van der Waals surface area contributed by atoms with Crippen LogP contribution in [0.5, 0.6) is 0 Å². The lowest BCUT2D eigenvalue weighted by Gasteiger charge is -2.12. The molecule has 3 heteroatoms. The van der Waals surface area contributed by atoms with Crippen LogP contribution in [0.25, 0.3) is 27.3 Å². The fraction of sp³-hybridized carbons (Fsp3) is 0.130. The van der Waals surface area contributed by atoms with Crippen molar-refractivity contribution in [1.29, 1.82) is 0 Å². The minimum Gasteiger partial charge on any atom is -0.256 e. The Hall–Kier alpha value is -2.70. The summed E-state index contributed by atoms with van der Waals surface area (Å²) in [6.45, 7) is 0. The van der Waals surface area contributed by atoms with Crippen molar-refractivity contribution in [2.24, 2.45) is 0 Å². The van der Waals surface area contributed by atoms with Gasteiger partial charge in [0, 0.05) is 23.0 Å². The second-order valence-corrected chi connectivity index (χ2v) is 8.69. The summed E-state index contributed by atoms with van der Waals surface area (Å²) in [7, 11) is -0.619. The molecule has 3 aromatic heterocycles. The van der Waals surface area contributed by atoms with Gasteiger partial charge in [-0.15, -0.1) is 0 Å². The second kappa shape index (κ2) is 6.55. The average molecular weight is 354 g/mol. The van der Waals surface area contributed by atoms with Crippen LogP contribution in [-0.4, -0.2) is 9.97 Å². The summed E-state index contributed by atoms with van der Waals surface area (Å²) in [6, 6.07) is 23.4. The third-order valence-electron chi connectivity index (χ3n) is 5.07. The van der Waals surface area contributed by atoms with Gasteiger partial charge in [0.25, 0.3) is 0 Å². The molecule has 0 spiro atoms. The van der Waals surface area contributed by atoms with Gasteiger partial charge in [-0.2, -0.15) is 0 Å². The Kier molecular flexibility index (Phi) is 3.92. The van der Waals surface area contributed by atoms with Crippen molar-refractivity contribution in [3.63, 3.8) is 0 Å². The summed E-state index contributed by atoms with van der Waals surface area (Å²) in [5.41, 5.74) is 5.31. The minimum atomic E-state index is -0.619. The number of aromatic nitrogens is 2. The first-order valence-electron chi connectivity index (χ1n) is 9.08. The number of hydrogen-bond acceptors (Lipinski definition) is 2. The molecule has 0 unspecified atom stereocenters. The zero-order valence-corrected chi connectivity index (χ0v) is 15.4. The van der Waals surface area contributed by atoms with Crippen LogP contribution in [0.4, 0.5) is 0 Å². The fourth-order valence-electron chi connectivity index (χ4n) is 4.03. The molecule has 0 amide bonds. The molecule has 0 N–H and O–H groups in total. The lowest BCUT2D eigenvalue weighted by Crippen LogP contribution is -1.84. The van der Waals surface area contributed by atoms with Gasteiger partial charge in [-0.1, -0.05) is 50.0 Å². The number of fused-ring (bicyclic) bond motifs is 1. The molecule has 4 aromatic rings. The van der Waals surface area contributed by atoms with E-state index in [1.807, 2.05) is 24.5 Å². The SMILES string of the molecule is c1ccc(-p2c(-c3ccccn3)c3c(c2-c2ccccn2)CCC3)cc1. The monoisotopic (exact) mass is 354 g/mol. The Morgan fingerprint density at radius 2 is 1.15 bits per heavy atom. The van der Waals surface area contributed by atoms with Gasteiger partial charge in [0.2, 0.25) is 0 Å². The minimum absolute atomic E-state index is 0.619. The van der Waals surface area contributed by atoms with E-state index in [1.54, 1.807) is 0 Å². The van der Waals surface area contributed by atoms with Gasteiger partial charge in [0.15, 0.2) is 0 Å². The molecule has 126 valence electrons. The van der Waals surface area contributed by atoms with Crippen LogP contribution < -0.4 is 0 Å². The first-order valence-corrected chi connectivity index (χ1v) is 10.4. The first kappa shape index (κ1) is 15.5. The fourth-order valence-corrected chi connectivity index (χ4v) is 6.99. The van der Waals surface area contributed by atoms with Crippen LogP contribution in [0.1, 0.15) is 17.5 Å². The largest absolute Gasteiger partial charge is 0.256 e. The van der Waals surface area contributed by atoms with Gasteiger partial charge in [-0.25, -0.2) is 0 Å². The Labute approximate surface area is 154 Å². The van der Waals surface area contributed by atoms with Gasteiger partial charge >= 0.3 is 0 Å². The van der Waals surface area contributed by atoms with Gasteiger partial charge < -0.3 is 0 Å². The van der Waals surface area contributed by atoms with Crippen molar-refractivity contribution >= 4 is 7.53 Å². The lowest BCUT2D eigenvalue weighted by atomic mass is 10.1. The third-order valence-corrected chi connectivity index (χ3v) is 7.77. The summed E-state index contributed by atoms with van der Waals surface area (Å²) in [4.78, 5) is 9.47. The van der Waals surface area contributed by atoms with E-state index >= 15 is 0 Å². The molecule has 0 bridgehead atoms. The molecule has 0 radical (unpaired) electrons. The van der Waals surface area contributed by atoms with E-state index in [9.17, 15) is 0 Å². The molecule has 26 heavy (non-hydrogen) atoms. The van der Waals surface area contributed by atoms with Crippen molar-refractivity contribution in [3.8, 4) is 27.3 Å². The molecule has 1 aliphatic carbocycles. The van der Waals surface area contributed by atoms with E-state index in [0.29, 0.717) is 0 Å². The maximum Gasteiger partial charge on any atom is 0.0747 e. The third kappa shape index (κ3) is 2.50. The molecule has 5 rings (SSSR count). The van der Waals surface area contributed by atoms with E-state index in [0.717, 1.165) is 24.2 Å². The zero-order valence-electron chi connectivity index (χ0n) is 14.5. The number of rotatable bonds is 3. The van der Waals surface area contributed by atoms with Crippen LogP contribution in [-0.2, 0) is 12.8 Å². The highest BCUT2D eigenvalue weighted by molar-refractivity contribution is 7.63. The van der Waals surface area contributed by atoms with Gasteiger partial charge in [-0.3, -0.25) is 9.97 Å². The standard InChI is InChI=1S/C23H19N2P/c1-2-9-17(10-3-1)26-22(20-13-4-6-15-24-20)18-11-8-12-19(18)23(26)21-14-5-7-16-25-21/h1-7,9-10,13-16H,8,11-12H2. The first-order chi connectivity index (χ1) is 12.9. The molecule has 3 heterocycles. The van der Waals surface area contributed by atoms with Crippen molar-refractivity contribution in [3.05, 3.63) is 90.3 Å². The summed E-state index contributed by atoms with van der Waals surface area (Å²) in [5.74, 6) is 0. The summed E-state index contributed by atoms with van der Waals surface area (Å²) >= 11 is 0. The molecular weight excluding hydrogens is 335 g/mol. The van der Waals surface area contributed by atoms with E-state index in [1.165, 1.54) is 33.4 Å². The van der Waals surface area contributed by atoms with Crippen molar-refractivity contribution in [2.75, 3.05) is 0 Å². The van der Waals surface area contributed by atoms with Crippen molar-refractivity contribution in [1.82, 2.24) is 9.97 Å². The lowest BCUT2D eigenvalue weighted by molar-refractivity contribution is 0.912. The highest BCUT2D eigenvalue weighted by atomic mass is 31.1. The van der Waals surface area contributed by atoms with Crippen LogP contribution >= 0.6 is 7.53 Å². The Morgan fingerprint density at radius 3 is 1.65 bits per heavy atom. The highest BCUT2D eigenvalue weighted by Crippen LogP contribution is 2.61. The average Bonchev–Trinajstić information content (AvgIpc) is 3.30. The van der Waals surface area contributed by atoms with E-state index in [2.05, 4.69) is 54.6 Å². The second-order valence-electron chi connectivity index (χ2n) is 6.61. The predicted molar refractivity (Wildman–Crippen MR) is 109 cm³/mol. The molecular formula is C23H19N2P. The normalized spacial score (nSPS) is 12.9. The summed E-state index contributed by atoms with van der Waals surface area (Å²) in [6.07, 6.45) is 7.37. The molecule has 2 nitrogen and oxygen atoms in total. The zero-order chi connectivity index (χ0) is 17.3. The van der Waals surface area contributed by atoms with Gasteiger partial charge in [0.05, 0.1) is 11.4 Å². The molecule has 0 aliphatic heterocycles. The Morgan fingerprint density at radius 1 is 0.615 bits per heavy atom. The highest BCUT2D eigenvalue weighted by Gasteiger charge is 2.29. The van der Waals surface area contributed by atoms with Gasteiger partial charge in [0.1, 0.15) is 0 Å². The van der Waals surface area contributed by atoms with E-state index in [4.69, 9.17) is 9.97 Å². The van der Waals surface area contributed by atoms with Crippen LogP contribution in [0.2, 0.25) is 0 Å². The maximum atomic E-state index is 4.74. The summed E-state index contributed by atoms with van der Waals surface area (Å²) in [5, 5.41) is 4.28. The number of benzene rings is 1. The summed E-state index contributed by atoms with van der Waals surface area (Å²) < 4.78 is 0. The van der Waals surface area contributed by atoms with Crippen LogP contribution in [0, 0.1) is 0 Å². The maximum absolute atomic E-state index is 4.74. The molecule has 0 saturated carbocycles. The molecule has 0 saturated heterocycles. The van der Waals surface area contributed by atoms with Crippen LogP contribution in [0.3, 0.4) is 0 Å². The molecule has 0 atom stereocenters. The van der Waals surface area contributed by atoms with E-state index < -0.39 is 7.53 Å². The Balaban J connectivity index is 1.89. The van der Waals surface area contributed by atoms with Crippen molar-refractivity contribution in [2.45, 2.75) is 19.3 Å². The quantitative estimate of drug-likeness (QED) is 0.433.